The van der Waals surface area contributed by atoms with Crippen molar-refractivity contribution in [1.82, 2.24) is 4.90 Å². The molecule has 1 saturated heterocycles. The number of rotatable bonds is 4. The molecule has 2 rings (SSSR count). The van der Waals surface area contributed by atoms with Gasteiger partial charge in [-0.05, 0) is 12.5 Å². The van der Waals surface area contributed by atoms with Gasteiger partial charge in [0.2, 0.25) is 5.91 Å². The minimum atomic E-state index is -1.01. The first-order valence-electron chi connectivity index (χ1n) is 5.93. The Morgan fingerprint density at radius 1 is 1.42 bits per heavy atom. The molecule has 0 bridgehead atoms. The molecule has 0 radical (unpaired) electrons. The van der Waals surface area contributed by atoms with E-state index in [1.807, 2.05) is 0 Å². The van der Waals surface area contributed by atoms with Crippen molar-refractivity contribution >= 4 is 11.9 Å². The fourth-order valence-electron chi connectivity index (χ4n) is 2.28. The maximum absolute atomic E-state index is 13.5. The van der Waals surface area contributed by atoms with Gasteiger partial charge in [0.15, 0.2) is 11.6 Å². The van der Waals surface area contributed by atoms with E-state index in [1.54, 1.807) is 0 Å². The molecule has 1 unspecified atom stereocenters. The summed E-state index contributed by atoms with van der Waals surface area (Å²) in [5.41, 5.74) is 0.0608. The van der Waals surface area contributed by atoms with Gasteiger partial charge < -0.3 is 10.0 Å². The third kappa shape index (κ3) is 2.89. The Morgan fingerprint density at radius 2 is 2.16 bits per heavy atom. The molecule has 0 aliphatic carbocycles. The highest BCUT2D eigenvalue weighted by molar-refractivity contribution is 5.80. The van der Waals surface area contributed by atoms with Crippen LogP contribution in [0.15, 0.2) is 18.2 Å². The molecule has 102 valence electrons. The molecular formula is C13H13F2NO3. The van der Waals surface area contributed by atoms with Crippen LogP contribution in [0.5, 0.6) is 0 Å². The molecule has 0 aromatic heterocycles. The predicted molar refractivity (Wildman–Crippen MR) is 62.2 cm³/mol. The van der Waals surface area contributed by atoms with Gasteiger partial charge in [0, 0.05) is 24.6 Å². The summed E-state index contributed by atoms with van der Waals surface area (Å²) < 4.78 is 26.6. The lowest BCUT2D eigenvalue weighted by Gasteiger charge is -2.23. The smallest absolute Gasteiger partial charge is 0.305 e. The molecule has 0 spiro atoms. The molecule has 19 heavy (non-hydrogen) atoms. The van der Waals surface area contributed by atoms with Crippen LogP contribution in [0.25, 0.3) is 0 Å². The number of hydrogen-bond acceptors (Lipinski definition) is 2. The van der Waals surface area contributed by atoms with Crippen LogP contribution in [0.2, 0.25) is 0 Å². The fraction of sp³-hybridized carbons (Fsp3) is 0.385. The molecule has 1 amide bonds. The lowest BCUT2D eigenvalue weighted by Crippen LogP contribution is -2.34. The summed E-state index contributed by atoms with van der Waals surface area (Å²) in [6.45, 7) is -0.0969. The van der Waals surface area contributed by atoms with E-state index >= 15 is 0 Å². The van der Waals surface area contributed by atoms with E-state index in [0.29, 0.717) is 6.42 Å². The number of aliphatic carboxylic acids is 1. The van der Waals surface area contributed by atoms with E-state index in [-0.39, 0.29) is 30.9 Å². The first kappa shape index (κ1) is 13.5. The molecule has 4 nitrogen and oxygen atoms in total. The third-order valence-corrected chi connectivity index (χ3v) is 3.24. The number of halogens is 2. The Morgan fingerprint density at radius 3 is 2.84 bits per heavy atom. The van der Waals surface area contributed by atoms with Crippen LogP contribution in [-0.4, -0.2) is 27.9 Å². The number of carboxylic acids is 1. The molecule has 1 fully saturated rings. The number of likely N-dealkylation sites (tertiary alicyclic amines) is 1. The van der Waals surface area contributed by atoms with Gasteiger partial charge in [-0.15, -0.1) is 0 Å². The second-order valence-electron chi connectivity index (χ2n) is 4.52. The van der Waals surface area contributed by atoms with Crippen molar-refractivity contribution in [2.75, 3.05) is 0 Å². The van der Waals surface area contributed by atoms with Crippen LogP contribution >= 0.6 is 0 Å². The first-order valence-corrected chi connectivity index (χ1v) is 5.93. The lowest BCUT2D eigenvalue weighted by molar-refractivity contribution is -0.139. The number of amides is 1. The molecular weight excluding hydrogens is 256 g/mol. The van der Waals surface area contributed by atoms with Crippen molar-refractivity contribution in [2.24, 2.45) is 0 Å². The highest BCUT2D eigenvalue weighted by atomic mass is 19.2. The average molecular weight is 269 g/mol. The van der Waals surface area contributed by atoms with E-state index in [2.05, 4.69) is 0 Å². The molecule has 6 heteroatoms. The van der Waals surface area contributed by atoms with Crippen LogP contribution in [-0.2, 0) is 16.1 Å². The van der Waals surface area contributed by atoms with Crippen molar-refractivity contribution in [3.8, 4) is 0 Å². The number of carbonyl (C=O) groups excluding carboxylic acids is 1. The van der Waals surface area contributed by atoms with Crippen molar-refractivity contribution < 1.29 is 23.5 Å². The molecule has 1 aliphatic heterocycles. The fourth-order valence-corrected chi connectivity index (χ4v) is 2.28. The van der Waals surface area contributed by atoms with Gasteiger partial charge in [0.1, 0.15) is 0 Å². The van der Waals surface area contributed by atoms with Crippen molar-refractivity contribution in [1.29, 1.82) is 0 Å². The normalized spacial score (nSPS) is 18.9. The summed E-state index contributed by atoms with van der Waals surface area (Å²) in [7, 11) is 0. The zero-order valence-corrected chi connectivity index (χ0v) is 10.1. The monoisotopic (exact) mass is 269 g/mol. The largest absolute Gasteiger partial charge is 0.481 e. The summed E-state index contributed by atoms with van der Waals surface area (Å²) in [4.78, 5) is 23.7. The van der Waals surface area contributed by atoms with E-state index in [9.17, 15) is 18.4 Å². The van der Waals surface area contributed by atoms with Crippen LogP contribution in [0.1, 0.15) is 24.8 Å². The third-order valence-electron chi connectivity index (χ3n) is 3.24. The van der Waals surface area contributed by atoms with Gasteiger partial charge in [-0.1, -0.05) is 12.1 Å². The lowest BCUT2D eigenvalue weighted by atomic mass is 10.1. The van der Waals surface area contributed by atoms with E-state index in [1.165, 1.54) is 17.0 Å². The van der Waals surface area contributed by atoms with Gasteiger partial charge in [-0.3, -0.25) is 9.59 Å². The highest BCUT2D eigenvalue weighted by Crippen LogP contribution is 2.25. The summed E-state index contributed by atoms with van der Waals surface area (Å²) in [5.74, 6) is -3.20. The van der Waals surface area contributed by atoms with Crippen LogP contribution in [0.4, 0.5) is 8.78 Å². The van der Waals surface area contributed by atoms with Crippen molar-refractivity contribution in [3.63, 3.8) is 0 Å². The molecule has 0 saturated carbocycles. The maximum Gasteiger partial charge on any atom is 0.305 e. The zero-order valence-electron chi connectivity index (χ0n) is 10.1. The Hall–Kier alpha value is -1.98. The first-order chi connectivity index (χ1) is 8.99. The van der Waals surface area contributed by atoms with Crippen molar-refractivity contribution in [3.05, 3.63) is 35.4 Å². The Kier molecular flexibility index (Phi) is 3.78. The SMILES string of the molecule is O=C(O)CC1CCC(=O)N1Cc1cccc(F)c1F. The second-order valence-corrected chi connectivity index (χ2v) is 4.52. The molecule has 1 N–H and O–H groups in total. The summed E-state index contributed by atoms with van der Waals surface area (Å²) >= 11 is 0. The molecule has 1 heterocycles. The quantitative estimate of drug-likeness (QED) is 0.908. The molecule has 1 aliphatic rings. The number of carboxylic acid groups (broad SMARTS) is 1. The molecule has 1 aromatic rings. The minimum absolute atomic E-state index is 0.0608. The molecule has 1 aromatic carbocycles. The summed E-state index contributed by atoms with van der Waals surface area (Å²) in [5, 5.41) is 8.77. The summed E-state index contributed by atoms with van der Waals surface area (Å²) in [6.07, 6.45) is 0.500. The number of nitrogens with zero attached hydrogens (tertiary/aromatic N) is 1. The van der Waals surface area contributed by atoms with Gasteiger partial charge in [0.25, 0.3) is 0 Å². The highest BCUT2D eigenvalue weighted by Gasteiger charge is 2.32. The van der Waals surface area contributed by atoms with E-state index in [4.69, 9.17) is 5.11 Å². The van der Waals surface area contributed by atoms with Gasteiger partial charge in [-0.25, -0.2) is 8.78 Å². The Bertz CT molecular complexity index is 519. The number of benzene rings is 1. The Labute approximate surface area is 108 Å². The van der Waals surface area contributed by atoms with Crippen LogP contribution < -0.4 is 0 Å². The van der Waals surface area contributed by atoms with Crippen LogP contribution in [0, 0.1) is 11.6 Å². The second kappa shape index (κ2) is 5.34. The predicted octanol–water partition coefficient (Wildman–Crippen LogP) is 1.93. The van der Waals surface area contributed by atoms with E-state index in [0.717, 1.165) is 6.07 Å². The molecule has 1 atom stereocenters. The maximum atomic E-state index is 13.5. The standard InChI is InChI=1S/C13H13F2NO3/c14-10-3-1-2-8(13(10)15)7-16-9(6-12(18)19)4-5-11(16)17/h1-3,9H,4-7H2,(H,18,19). The van der Waals surface area contributed by atoms with E-state index < -0.39 is 23.6 Å². The summed E-state index contributed by atoms with van der Waals surface area (Å²) in [6, 6.07) is 3.30. The average Bonchev–Trinajstić information content (AvgIpc) is 2.67. The van der Waals surface area contributed by atoms with Crippen LogP contribution in [0.3, 0.4) is 0 Å². The zero-order chi connectivity index (χ0) is 14.0. The minimum Gasteiger partial charge on any atom is -0.481 e. The van der Waals surface area contributed by atoms with Crippen molar-refractivity contribution in [2.45, 2.75) is 31.8 Å². The number of carbonyl (C=O) groups is 2. The Balaban J connectivity index is 2.17. The van der Waals surface area contributed by atoms with Gasteiger partial charge in [-0.2, -0.15) is 0 Å². The topological polar surface area (TPSA) is 57.6 Å². The van der Waals surface area contributed by atoms with Gasteiger partial charge in [0.05, 0.1) is 6.42 Å². The number of hydrogen-bond donors (Lipinski definition) is 1. The van der Waals surface area contributed by atoms with Gasteiger partial charge >= 0.3 is 5.97 Å².